The summed E-state index contributed by atoms with van der Waals surface area (Å²) >= 11 is 0. The monoisotopic (exact) mass is 217 g/mol. The van der Waals surface area contributed by atoms with Crippen LogP contribution in [0.5, 0.6) is 0 Å². The molecule has 0 N–H and O–H groups in total. The van der Waals surface area contributed by atoms with Crippen molar-refractivity contribution in [1.29, 1.82) is 5.26 Å². The number of nitriles is 1. The molecule has 0 spiro atoms. The van der Waals surface area contributed by atoms with Crippen molar-refractivity contribution < 1.29 is 13.2 Å². The first-order chi connectivity index (χ1) is 6.53. The van der Waals surface area contributed by atoms with Crippen LogP contribution in [0.3, 0.4) is 0 Å². The Hall–Kier alpha value is -0.600. The Morgan fingerprint density at radius 3 is 2.86 bits per heavy atom. The van der Waals surface area contributed by atoms with E-state index >= 15 is 0 Å². The molecule has 14 heavy (non-hydrogen) atoms. The first-order valence-electron chi connectivity index (χ1n) is 4.75. The molecule has 1 heterocycles. The van der Waals surface area contributed by atoms with Crippen LogP contribution < -0.4 is 0 Å². The molecule has 0 bridgehead atoms. The highest BCUT2D eigenvalue weighted by Crippen LogP contribution is 2.15. The minimum Gasteiger partial charge on any atom is -0.377 e. The number of nitrogens with zero attached hydrogens (tertiary/aromatic N) is 1. The fraction of sp³-hybridized carbons (Fsp3) is 0.889. The Morgan fingerprint density at radius 2 is 2.36 bits per heavy atom. The molecule has 1 aliphatic rings. The molecule has 0 aromatic carbocycles. The van der Waals surface area contributed by atoms with Gasteiger partial charge in [0.1, 0.15) is 0 Å². The summed E-state index contributed by atoms with van der Waals surface area (Å²) in [6.07, 6.45) is 1.61. The highest BCUT2D eigenvalue weighted by Gasteiger charge is 2.24. The zero-order chi connectivity index (χ0) is 10.6. The van der Waals surface area contributed by atoms with E-state index in [1.165, 1.54) is 0 Å². The van der Waals surface area contributed by atoms with Gasteiger partial charge in [-0.2, -0.15) is 5.26 Å². The quantitative estimate of drug-likeness (QED) is 0.696. The zero-order valence-electron chi connectivity index (χ0n) is 8.27. The molecule has 0 aliphatic carbocycles. The fourth-order valence-electron chi connectivity index (χ4n) is 1.55. The molecule has 4 nitrogen and oxygen atoms in total. The standard InChI is InChI=1S/C9H15NO3S/c1-8(5-10)6-14(11,12)7-9-3-2-4-13-9/h8-9H,2-4,6-7H2,1H3. The lowest BCUT2D eigenvalue weighted by molar-refractivity contribution is 0.127. The van der Waals surface area contributed by atoms with Gasteiger partial charge in [0.05, 0.1) is 29.6 Å². The number of sulfone groups is 1. The SMILES string of the molecule is CC(C#N)CS(=O)(=O)CC1CCCO1. The van der Waals surface area contributed by atoms with Crippen LogP contribution in [0.4, 0.5) is 0 Å². The average Bonchev–Trinajstić information content (AvgIpc) is 2.54. The predicted octanol–water partition coefficient (Wildman–Crippen LogP) is 0.740. The zero-order valence-corrected chi connectivity index (χ0v) is 9.09. The number of rotatable bonds is 4. The number of hydrogen-bond donors (Lipinski definition) is 0. The minimum absolute atomic E-state index is 0.0522. The van der Waals surface area contributed by atoms with Crippen molar-refractivity contribution in [3.8, 4) is 6.07 Å². The molecule has 0 saturated carbocycles. The van der Waals surface area contributed by atoms with E-state index in [4.69, 9.17) is 10.00 Å². The summed E-state index contributed by atoms with van der Waals surface area (Å²) in [4.78, 5) is 0. The van der Waals surface area contributed by atoms with E-state index in [1.807, 2.05) is 6.07 Å². The Kier molecular flexibility index (Phi) is 3.90. The summed E-state index contributed by atoms with van der Waals surface area (Å²) < 4.78 is 28.3. The van der Waals surface area contributed by atoms with Crippen LogP contribution in [0, 0.1) is 17.2 Å². The topological polar surface area (TPSA) is 67.2 Å². The van der Waals surface area contributed by atoms with Crippen molar-refractivity contribution in [2.45, 2.75) is 25.9 Å². The largest absolute Gasteiger partial charge is 0.377 e. The van der Waals surface area contributed by atoms with E-state index in [-0.39, 0.29) is 17.6 Å². The van der Waals surface area contributed by atoms with E-state index < -0.39 is 15.8 Å². The molecule has 0 aromatic rings. The molecule has 2 atom stereocenters. The van der Waals surface area contributed by atoms with Gasteiger partial charge in [0, 0.05) is 6.61 Å². The van der Waals surface area contributed by atoms with Gasteiger partial charge in [0.15, 0.2) is 9.84 Å². The Balaban J connectivity index is 2.45. The summed E-state index contributed by atoms with van der Waals surface area (Å²) in [6.45, 7) is 2.28. The van der Waals surface area contributed by atoms with Crippen LogP contribution in [0.2, 0.25) is 0 Å². The third-order valence-corrected chi connectivity index (χ3v) is 4.08. The van der Waals surface area contributed by atoms with E-state index in [9.17, 15) is 8.42 Å². The minimum atomic E-state index is -3.12. The maximum absolute atomic E-state index is 11.5. The Labute approximate surface area is 84.8 Å². The van der Waals surface area contributed by atoms with E-state index in [1.54, 1.807) is 6.92 Å². The van der Waals surface area contributed by atoms with Crippen molar-refractivity contribution in [1.82, 2.24) is 0 Å². The van der Waals surface area contributed by atoms with Crippen LogP contribution >= 0.6 is 0 Å². The van der Waals surface area contributed by atoms with Gasteiger partial charge in [0.2, 0.25) is 0 Å². The van der Waals surface area contributed by atoms with Gasteiger partial charge >= 0.3 is 0 Å². The average molecular weight is 217 g/mol. The summed E-state index contributed by atoms with van der Waals surface area (Å²) in [5.41, 5.74) is 0. The molecule has 1 aliphatic heterocycles. The van der Waals surface area contributed by atoms with Gasteiger partial charge in [-0.1, -0.05) is 0 Å². The van der Waals surface area contributed by atoms with Crippen molar-refractivity contribution in [3.05, 3.63) is 0 Å². The van der Waals surface area contributed by atoms with Crippen LogP contribution in [-0.4, -0.2) is 32.6 Å². The first kappa shape index (κ1) is 11.5. The lowest BCUT2D eigenvalue weighted by atomic mass is 10.3. The van der Waals surface area contributed by atoms with E-state index in [0.29, 0.717) is 6.61 Å². The first-order valence-corrected chi connectivity index (χ1v) is 6.57. The summed E-state index contributed by atoms with van der Waals surface area (Å²) in [5, 5.41) is 8.51. The number of ether oxygens (including phenoxy) is 1. The van der Waals surface area contributed by atoms with Crippen LogP contribution in [-0.2, 0) is 14.6 Å². The smallest absolute Gasteiger partial charge is 0.154 e. The maximum atomic E-state index is 11.5. The second-order valence-corrected chi connectivity index (χ2v) is 5.90. The van der Waals surface area contributed by atoms with Crippen molar-refractivity contribution >= 4 is 9.84 Å². The van der Waals surface area contributed by atoms with Crippen LogP contribution in [0.25, 0.3) is 0 Å². The molecule has 1 rings (SSSR count). The second-order valence-electron chi connectivity index (χ2n) is 3.74. The van der Waals surface area contributed by atoms with Crippen molar-refractivity contribution in [2.75, 3.05) is 18.1 Å². The molecule has 5 heteroatoms. The fourth-order valence-corrected chi connectivity index (χ4v) is 3.35. The molecule has 1 fully saturated rings. The maximum Gasteiger partial charge on any atom is 0.154 e. The number of hydrogen-bond acceptors (Lipinski definition) is 4. The Morgan fingerprint density at radius 1 is 1.64 bits per heavy atom. The second kappa shape index (κ2) is 4.76. The highest BCUT2D eigenvalue weighted by molar-refractivity contribution is 7.91. The van der Waals surface area contributed by atoms with Gasteiger partial charge in [0.25, 0.3) is 0 Å². The molecular formula is C9H15NO3S. The third-order valence-electron chi connectivity index (χ3n) is 2.19. The summed E-state index contributed by atoms with van der Waals surface area (Å²) in [6, 6.07) is 1.93. The third kappa shape index (κ3) is 3.64. The van der Waals surface area contributed by atoms with E-state index in [0.717, 1.165) is 12.8 Å². The molecule has 80 valence electrons. The molecular weight excluding hydrogens is 202 g/mol. The van der Waals surface area contributed by atoms with Crippen LogP contribution in [0.15, 0.2) is 0 Å². The highest BCUT2D eigenvalue weighted by atomic mass is 32.2. The lowest BCUT2D eigenvalue weighted by Crippen LogP contribution is -2.24. The van der Waals surface area contributed by atoms with E-state index in [2.05, 4.69) is 0 Å². The summed E-state index contributed by atoms with van der Waals surface area (Å²) in [5.74, 6) is -0.413. The molecule has 0 aromatic heterocycles. The normalized spacial score (nSPS) is 24.4. The molecule has 1 saturated heterocycles. The molecule has 0 radical (unpaired) electrons. The van der Waals surface area contributed by atoms with Gasteiger partial charge in [-0.05, 0) is 19.8 Å². The predicted molar refractivity (Wildman–Crippen MR) is 52.4 cm³/mol. The van der Waals surface area contributed by atoms with Gasteiger partial charge in [-0.3, -0.25) is 0 Å². The molecule has 0 amide bonds. The van der Waals surface area contributed by atoms with Crippen molar-refractivity contribution in [2.24, 2.45) is 5.92 Å². The van der Waals surface area contributed by atoms with Gasteiger partial charge in [-0.15, -0.1) is 0 Å². The van der Waals surface area contributed by atoms with Gasteiger partial charge < -0.3 is 4.74 Å². The Bertz CT molecular complexity index is 311. The molecule has 2 unspecified atom stereocenters. The van der Waals surface area contributed by atoms with Gasteiger partial charge in [-0.25, -0.2) is 8.42 Å². The van der Waals surface area contributed by atoms with Crippen LogP contribution in [0.1, 0.15) is 19.8 Å². The van der Waals surface area contributed by atoms with Crippen molar-refractivity contribution in [3.63, 3.8) is 0 Å². The summed E-state index contributed by atoms with van der Waals surface area (Å²) in [7, 11) is -3.12. The lowest BCUT2D eigenvalue weighted by Gasteiger charge is -2.10.